The van der Waals surface area contributed by atoms with Crippen molar-refractivity contribution in [3.63, 3.8) is 0 Å². The van der Waals surface area contributed by atoms with Gasteiger partial charge < -0.3 is 34.4 Å². The van der Waals surface area contributed by atoms with Crippen molar-refractivity contribution in [3.8, 4) is 11.3 Å². The van der Waals surface area contributed by atoms with Gasteiger partial charge in [-0.25, -0.2) is 15.0 Å². The molecule has 5 amide bonds. The zero-order valence-corrected chi connectivity index (χ0v) is 41.7. The van der Waals surface area contributed by atoms with Crippen molar-refractivity contribution in [2.24, 2.45) is 11.3 Å². The van der Waals surface area contributed by atoms with Crippen LogP contribution in [0.3, 0.4) is 0 Å². The summed E-state index contributed by atoms with van der Waals surface area (Å²) in [4.78, 5) is 93.7. The number of rotatable bonds is 10. The molecular weight excluding hydrogens is 895 g/mol. The van der Waals surface area contributed by atoms with E-state index in [9.17, 15) is 19.2 Å². The highest BCUT2D eigenvalue weighted by atomic mass is 16.2. The lowest BCUT2D eigenvalue weighted by molar-refractivity contribution is -0.145. The maximum Gasteiger partial charge on any atom is 0.238 e. The standard InChI is InChI=1S/C55H69N11O5/c1-34(2)65-33-57-44-30-43(59-49(48(44)65)58-38-9-10-38)36-7-12-42-45(27-36)66(40-28-39(29-40)61-20-5-4-6-21-61)53(71)55(42)18-25-63(26-19-55)52(70)54(3)17-24-64(32-54)51(69)35-15-22-62(23-16-35)46-13-8-37(31-56-46)41-11-14-47(67)60-50(41)68/h7-8,12-13,27,30-31,33-35,38-41H,4-6,9-11,14-26,28-29,32H2,1-3H3,(H,58,59)(H,60,67,68)/t39?,40?,41-,54-/m1/s1. The van der Waals surface area contributed by atoms with E-state index in [1.807, 2.05) is 35.2 Å². The molecule has 0 bridgehead atoms. The molecule has 0 unspecified atom stereocenters. The van der Waals surface area contributed by atoms with Crippen LogP contribution in [0.5, 0.6) is 0 Å². The fourth-order valence-corrected chi connectivity index (χ4v) is 13.3. The normalized spacial score (nSPS) is 27.2. The van der Waals surface area contributed by atoms with Crippen LogP contribution in [0.25, 0.3) is 22.3 Å². The molecule has 5 saturated heterocycles. The summed E-state index contributed by atoms with van der Waals surface area (Å²) in [6.45, 7) is 12.0. The Morgan fingerprint density at radius 3 is 2.28 bits per heavy atom. The Morgan fingerprint density at radius 1 is 0.817 bits per heavy atom. The van der Waals surface area contributed by atoms with E-state index >= 15 is 4.79 Å². The predicted molar refractivity (Wildman–Crippen MR) is 271 cm³/mol. The Balaban J connectivity index is 0.723. The van der Waals surface area contributed by atoms with E-state index in [0.29, 0.717) is 96.3 Å². The highest BCUT2D eigenvalue weighted by Gasteiger charge is 2.57. The second-order valence-electron chi connectivity index (χ2n) is 22.8. The molecule has 8 aliphatic rings. The molecule has 2 saturated carbocycles. The molecule has 7 fully saturated rings. The molecule has 1 spiro atoms. The number of carbonyl (C=O) groups is 5. The van der Waals surface area contributed by atoms with Crippen molar-refractivity contribution in [1.29, 1.82) is 0 Å². The van der Waals surface area contributed by atoms with Gasteiger partial charge in [-0.15, -0.1) is 0 Å². The number of nitrogens with zero attached hydrogens (tertiary/aromatic N) is 9. The van der Waals surface area contributed by atoms with Gasteiger partial charge in [0, 0.05) is 93.2 Å². The van der Waals surface area contributed by atoms with Gasteiger partial charge in [-0.3, -0.25) is 29.3 Å². The van der Waals surface area contributed by atoms with E-state index in [1.165, 1.54) is 19.3 Å². The number of aromatic nitrogens is 4. The molecule has 2 N–H and O–H groups in total. The average Bonchev–Trinajstić information content (AvgIpc) is 3.84. The van der Waals surface area contributed by atoms with Crippen LogP contribution >= 0.6 is 0 Å². The highest BCUT2D eigenvalue weighted by Crippen LogP contribution is 2.53. The molecule has 9 heterocycles. The van der Waals surface area contributed by atoms with Crippen molar-refractivity contribution in [2.75, 3.05) is 67.5 Å². The predicted octanol–water partition coefficient (Wildman–Crippen LogP) is 6.55. The van der Waals surface area contributed by atoms with Crippen molar-refractivity contribution in [1.82, 2.24) is 39.5 Å². The number of piperidine rings is 4. The molecule has 4 aromatic rings. The van der Waals surface area contributed by atoms with Crippen LogP contribution in [0.4, 0.5) is 17.3 Å². The number of pyridine rings is 2. The van der Waals surface area contributed by atoms with Crippen LogP contribution < -0.4 is 20.4 Å². The Kier molecular flexibility index (Phi) is 11.7. The molecule has 0 radical (unpaired) electrons. The number of carbonyl (C=O) groups excluding carboxylic acids is 5. The van der Waals surface area contributed by atoms with Gasteiger partial charge in [0.2, 0.25) is 29.5 Å². The van der Waals surface area contributed by atoms with Gasteiger partial charge in [-0.2, -0.15) is 0 Å². The number of fused-ring (bicyclic) bond motifs is 3. The summed E-state index contributed by atoms with van der Waals surface area (Å²) < 4.78 is 2.19. The zero-order chi connectivity index (χ0) is 48.8. The molecular formula is C55H69N11O5. The Morgan fingerprint density at radius 2 is 1.58 bits per heavy atom. The van der Waals surface area contributed by atoms with E-state index in [-0.39, 0.29) is 53.5 Å². The van der Waals surface area contributed by atoms with Crippen LogP contribution in [0.15, 0.2) is 48.9 Å². The quantitative estimate of drug-likeness (QED) is 0.166. The molecule has 71 heavy (non-hydrogen) atoms. The molecule has 16 heteroatoms. The summed E-state index contributed by atoms with van der Waals surface area (Å²) in [6, 6.07) is 13.8. The number of hydrogen-bond donors (Lipinski definition) is 2. The molecule has 1 aromatic carbocycles. The van der Waals surface area contributed by atoms with Crippen molar-refractivity contribution >= 4 is 57.9 Å². The number of likely N-dealkylation sites (tertiary alicyclic amines) is 3. The van der Waals surface area contributed by atoms with Crippen LogP contribution in [0, 0.1) is 11.3 Å². The molecule has 6 aliphatic heterocycles. The summed E-state index contributed by atoms with van der Waals surface area (Å²) in [5.74, 6) is 1.09. The first kappa shape index (κ1) is 46.2. The van der Waals surface area contributed by atoms with E-state index in [1.54, 1.807) is 6.20 Å². The number of anilines is 3. The molecule has 374 valence electrons. The maximum absolute atomic E-state index is 15.3. The molecule has 3 aromatic heterocycles. The monoisotopic (exact) mass is 964 g/mol. The van der Waals surface area contributed by atoms with Gasteiger partial charge in [0.25, 0.3) is 0 Å². The van der Waals surface area contributed by atoms with Gasteiger partial charge in [0.05, 0.1) is 34.3 Å². The third kappa shape index (κ3) is 8.25. The molecule has 16 nitrogen and oxygen atoms in total. The second-order valence-corrected chi connectivity index (χ2v) is 22.8. The van der Waals surface area contributed by atoms with Crippen LogP contribution in [0.1, 0.15) is 134 Å². The van der Waals surface area contributed by atoms with Crippen LogP contribution in [-0.2, 0) is 29.4 Å². The number of amides is 5. The average molecular weight is 964 g/mol. The minimum Gasteiger partial charge on any atom is -0.366 e. The number of benzene rings is 1. The summed E-state index contributed by atoms with van der Waals surface area (Å²) in [7, 11) is 0. The first-order chi connectivity index (χ1) is 34.4. The maximum atomic E-state index is 15.3. The first-order valence-electron chi connectivity index (χ1n) is 26.9. The van der Waals surface area contributed by atoms with Crippen molar-refractivity contribution in [3.05, 3.63) is 60.0 Å². The lowest BCUT2D eigenvalue weighted by Crippen LogP contribution is -2.59. The Labute approximate surface area is 416 Å². The van der Waals surface area contributed by atoms with Crippen molar-refractivity contribution < 1.29 is 24.0 Å². The van der Waals surface area contributed by atoms with Crippen LogP contribution in [0.2, 0.25) is 0 Å². The number of nitrogens with one attached hydrogen (secondary N) is 2. The van der Waals surface area contributed by atoms with Crippen molar-refractivity contribution in [2.45, 2.75) is 146 Å². The fourth-order valence-electron chi connectivity index (χ4n) is 13.3. The van der Waals surface area contributed by atoms with Gasteiger partial charge in [0.15, 0.2) is 5.82 Å². The Hall–Kier alpha value is -5.90. The summed E-state index contributed by atoms with van der Waals surface area (Å²) in [6.07, 6.45) is 15.7. The smallest absolute Gasteiger partial charge is 0.238 e. The summed E-state index contributed by atoms with van der Waals surface area (Å²) >= 11 is 0. The SMILES string of the molecule is CC(C)n1cnc2cc(-c3ccc4c(c3)N(C3CC(N5CCCCC5)C3)C(=O)C43CCN(C(=O)[C@]4(C)CCN(C(=O)C5CCN(c6ccc([C@H]7CCC(=O)NC7=O)cn6)CC5)C4)CC3)nc(NC3CC3)c21. The van der Waals surface area contributed by atoms with Gasteiger partial charge in [-0.05, 0) is 140 Å². The largest absolute Gasteiger partial charge is 0.366 e. The number of hydrogen-bond acceptors (Lipinski definition) is 11. The lowest BCUT2D eigenvalue weighted by Gasteiger charge is -2.48. The Bertz CT molecular complexity index is 2760. The highest BCUT2D eigenvalue weighted by molar-refractivity contribution is 6.09. The van der Waals surface area contributed by atoms with E-state index < -0.39 is 10.8 Å². The lowest BCUT2D eigenvalue weighted by atomic mass is 9.72. The summed E-state index contributed by atoms with van der Waals surface area (Å²) in [5.41, 5.74) is 5.26. The van der Waals surface area contributed by atoms with E-state index in [0.717, 1.165) is 89.5 Å². The van der Waals surface area contributed by atoms with Crippen LogP contribution in [-0.4, -0.2) is 134 Å². The minimum absolute atomic E-state index is 0.0857. The third-order valence-corrected chi connectivity index (χ3v) is 17.9. The molecule has 2 atom stereocenters. The molecule has 2 aliphatic carbocycles. The topological polar surface area (TPSA) is 169 Å². The second kappa shape index (κ2) is 18.0. The third-order valence-electron chi connectivity index (χ3n) is 17.9. The minimum atomic E-state index is -0.703. The van der Waals surface area contributed by atoms with Gasteiger partial charge in [-0.1, -0.05) is 24.6 Å². The van der Waals surface area contributed by atoms with E-state index in [2.05, 4.69) is 73.0 Å². The molecule has 12 rings (SSSR count). The zero-order valence-electron chi connectivity index (χ0n) is 41.7. The number of imide groups is 1. The first-order valence-corrected chi connectivity index (χ1v) is 26.9. The summed E-state index contributed by atoms with van der Waals surface area (Å²) in [5, 5.41) is 6.13. The number of imidazole rings is 1. The fraction of sp³-hybridized carbons (Fsp3) is 0.600. The van der Waals surface area contributed by atoms with Gasteiger partial charge in [0.1, 0.15) is 11.3 Å². The van der Waals surface area contributed by atoms with E-state index in [4.69, 9.17) is 9.97 Å². The van der Waals surface area contributed by atoms with Gasteiger partial charge >= 0.3 is 0 Å².